The summed E-state index contributed by atoms with van der Waals surface area (Å²) in [5.41, 5.74) is 1.28. The first-order chi connectivity index (χ1) is 12.4. The van der Waals surface area contributed by atoms with Crippen molar-refractivity contribution in [2.45, 2.75) is 6.92 Å². The number of ether oxygens (including phenoxy) is 2. The lowest BCUT2D eigenvalue weighted by Crippen LogP contribution is -2.21. The summed E-state index contributed by atoms with van der Waals surface area (Å²) in [6, 6.07) is 9.68. The minimum atomic E-state index is -0.924. The molecule has 0 saturated carbocycles. The summed E-state index contributed by atoms with van der Waals surface area (Å²) < 4.78 is 10.2. The Bertz CT molecular complexity index is 876. The molecule has 2 aromatic carbocycles. The summed E-state index contributed by atoms with van der Waals surface area (Å²) >= 11 is 5.99. The van der Waals surface area contributed by atoms with Crippen LogP contribution in [0.3, 0.4) is 0 Å². The maximum absolute atomic E-state index is 12.1. The molecule has 0 aliphatic rings. The second kappa shape index (κ2) is 8.40. The Morgan fingerprint density at radius 1 is 1.15 bits per heavy atom. The fourth-order valence-electron chi connectivity index (χ4n) is 2.21. The third kappa shape index (κ3) is 4.34. The lowest BCUT2D eigenvalue weighted by atomic mass is 10.1. The van der Waals surface area contributed by atoms with Gasteiger partial charge in [-0.2, -0.15) is 0 Å². The van der Waals surface area contributed by atoms with Gasteiger partial charge in [-0.25, -0.2) is 0 Å². The van der Waals surface area contributed by atoms with Crippen LogP contribution in [0.2, 0.25) is 5.02 Å². The van der Waals surface area contributed by atoms with Gasteiger partial charge in [0.2, 0.25) is 5.78 Å². The van der Waals surface area contributed by atoms with Crippen LogP contribution in [0.15, 0.2) is 42.5 Å². The number of methoxy groups -OCH3 is 2. The van der Waals surface area contributed by atoms with Crippen LogP contribution in [-0.4, -0.2) is 31.0 Å². The zero-order chi connectivity index (χ0) is 19.3. The summed E-state index contributed by atoms with van der Waals surface area (Å²) in [5.74, 6) is -1.44. The Morgan fingerprint density at radius 2 is 1.88 bits per heavy atom. The first-order valence-electron chi connectivity index (χ1n) is 7.60. The fraction of sp³-hybridized carbons (Fsp3) is 0.158. The second-order valence-corrected chi connectivity index (χ2v) is 5.73. The minimum Gasteiger partial charge on any atom is -0.507 e. The normalized spacial score (nSPS) is 11.0. The third-order valence-electron chi connectivity index (χ3n) is 3.69. The number of nitrogens with one attached hydrogen (secondary N) is 1. The second-order valence-electron chi connectivity index (χ2n) is 5.33. The molecule has 0 heterocycles. The van der Waals surface area contributed by atoms with Gasteiger partial charge >= 0.3 is 0 Å². The molecule has 2 aromatic rings. The Hall–Kier alpha value is -2.99. The molecule has 0 saturated heterocycles. The summed E-state index contributed by atoms with van der Waals surface area (Å²) in [4.78, 5) is 24.2. The molecule has 0 bridgehead atoms. The molecule has 2 rings (SSSR count). The standard InChI is InChI=1S/C19H18ClNO5/c1-11-14(20)5-4-6-15(11)21-19(24)17(23)10-16(22)13-9-12(25-2)7-8-18(13)26-3/h4-10,22H,1-3H3,(H,21,24). The van der Waals surface area contributed by atoms with E-state index in [1.165, 1.54) is 20.3 Å². The number of aliphatic hydroxyl groups is 1. The topological polar surface area (TPSA) is 84.9 Å². The number of aliphatic hydroxyl groups excluding tert-OH is 1. The fourth-order valence-corrected chi connectivity index (χ4v) is 2.38. The molecule has 0 unspecified atom stereocenters. The van der Waals surface area contributed by atoms with Gasteiger partial charge in [0.05, 0.1) is 19.8 Å². The Kier molecular flexibility index (Phi) is 6.25. The Morgan fingerprint density at radius 3 is 2.54 bits per heavy atom. The zero-order valence-electron chi connectivity index (χ0n) is 14.5. The number of benzene rings is 2. The van der Waals surface area contributed by atoms with Crippen molar-refractivity contribution >= 4 is 34.7 Å². The largest absolute Gasteiger partial charge is 0.507 e. The van der Waals surface area contributed by atoms with Crippen molar-refractivity contribution in [3.63, 3.8) is 0 Å². The molecule has 0 fully saturated rings. The monoisotopic (exact) mass is 375 g/mol. The zero-order valence-corrected chi connectivity index (χ0v) is 15.3. The van der Waals surface area contributed by atoms with Gasteiger partial charge in [-0.3, -0.25) is 9.59 Å². The van der Waals surface area contributed by atoms with E-state index in [0.717, 1.165) is 6.08 Å². The number of amides is 1. The predicted octanol–water partition coefficient (Wildman–Crippen LogP) is 3.77. The molecule has 7 heteroatoms. The van der Waals surface area contributed by atoms with Gasteiger partial charge in [0.15, 0.2) is 0 Å². The van der Waals surface area contributed by atoms with E-state index in [1.54, 1.807) is 37.3 Å². The van der Waals surface area contributed by atoms with E-state index >= 15 is 0 Å². The molecule has 0 radical (unpaired) electrons. The van der Waals surface area contributed by atoms with Gasteiger partial charge in [0.25, 0.3) is 5.91 Å². The summed E-state index contributed by atoms with van der Waals surface area (Å²) in [5, 5.41) is 13.2. The van der Waals surface area contributed by atoms with Crippen LogP contribution >= 0.6 is 11.6 Å². The molecule has 6 nitrogen and oxygen atoms in total. The Balaban J connectivity index is 2.24. The van der Waals surface area contributed by atoms with Crippen LogP contribution < -0.4 is 14.8 Å². The van der Waals surface area contributed by atoms with E-state index in [1.807, 2.05) is 0 Å². The van der Waals surface area contributed by atoms with Crippen molar-refractivity contribution in [1.29, 1.82) is 0 Å². The van der Waals surface area contributed by atoms with Gasteiger partial charge < -0.3 is 19.9 Å². The van der Waals surface area contributed by atoms with Crippen LogP contribution in [0.25, 0.3) is 5.76 Å². The quantitative estimate of drug-likeness (QED) is 0.456. The van der Waals surface area contributed by atoms with Gasteiger partial charge in [0.1, 0.15) is 17.3 Å². The van der Waals surface area contributed by atoms with Crippen LogP contribution in [-0.2, 0) is 9.59 Å². The highest BCUT2D eigenvalue weighted by Crippen LogP contribution is 2.29. The number of halogens is 1. The molecular weight excluding hydrogens is 358 g/mol. The van der Waals surface area contributed by atoms with E-state index in [0.29, 0.717) is 27.8 Å². The number of anilines is 1. The molecular formula is C19H18ClNO5. The number of rotatable bonds is 6. The average molecular weight is 376 g/mol. The highest BCUT2D eigenvalue weighted by Gasteiger charge is 2.17. The van der Waals surface area contributed by atoms with Crippen molar-refractivity contribution in [2.24, 2.45) is 0 Å². The summed E-state index contributed by atoms with van der Waals surface area (Å²) in [6.45, 7) is 1.72. The molecule has 0 spiro atoms. The number of carbonyl (C=O) groups is 2. The lowest BCUT2D eigenvalue weighted by Gasteiger charge is -2.10. The SMILES string of the molecule is COc1ccc(OC)c(C(O)=CC(=O)C(=O)Nc2cccc(Cl)c2C)c1. The smallest absolute Gasteiger partial charge is 0.296 e. The number of hydrogen-bond acceptors (Lipinski definition) is 5. The highest BCUT2D eigenvalue weighted by atomic mass is 35.5. The van der Waals surface area contributed by atoms with Gasteiger partial charge in [-0.05, 0) is 42.8 Å². The van der Waals surface area contributed by atoms with Gasteiger partial charge in [0, 0.05) is 16.8 Å². The molecule has 26 heavy (non-hydrogen) atoms. The van der Waals surface area contributed by atoms with Crippen LogP contribution in [0.1, 0.15) is 11.1 Å². The molecule has 2 N–H and O–H groups in total. The molecule has 136 valence electrons. The third-order valence-corrected chi connectivity index (χ3v) is 4.10. The molecule has 0 aliphatic carbocycles. The maximum atomic E-state index is 12.1. The lowest BCUT2D eigenvalue weighted by molar-refractivity contribution is -0.131. The van der Waals surface area contributed by atoms with Crippen LogP contribution in [0.4, 0.5) is 5.69 Å². The number of ketones is 1. The van der Waals surface area contributed by atoms with E-state index in [9.17, 15) is 14.7 Å². The van der Waals surface area contributed by atoms with E-state index in [-0.39, 0.29) is 5.56 Å². The first-order valence-corrected chi connectivity index (χ1v) is 7.98. The van der Waals surface area contributed by atoms with Crippen molar-refractivity contribution in [1.82, 2.24) is 0 Å². The van der Waals surface area contributed by atoms with E-state index in [4.69, 9.17) is 21.1 Å². The highest BCUT2D eigenvalue weighted by molar-refractivity contribution is 6.45. The molecule has 0 aliphatic heterocycles. The predicted molar refractivity (Wildman–Crippen MR) is 100.0 cm³/mol. The first kappa shape index (κ1) is 19.3. The Labute approximate surface area is 156 Å². The molecule has 0 atom stereocenters. The van der Waals surface area contributed by atoms with Crippen LogP contribution in [0, 0.1) is 6.92 Å². The molecule has 0 aromatic heterocycles. The van der Waals surface area contributed by atoms with Crippen molar-refractivity contribution in [3.8, 4) is 11.5 Å². The van der Waals surface area contributed by atoms with Crippen molar-refractivity contribution < 1.29 is 24.2 Å². The summed E-state index contributed by atoms with van der Waals surface area (Å²) in [6.07, 6.45) is 0.826. The average Bonchev–Trinajstić information content (AvgIpc) is 2.64. The van der Waals surface area contributed by atoms with Crippen LogP contribution in [0.5, 0.6) is 11.5 Å². The van der Waals surface area contributed by atoms with Crippen molar-refractivity contribution in [2.75, 3.05) is 19.5 Å². The summed E-state index contributed by atoms with van der Waals surface area (Å²) in [7, 11) is 2.90. The van der Waals surface area contributed by atoms with E-state index in [2.05, 4.69) is 5.32 Å². The number of carbonyl (C=O) groups excluding carboxylic acids is 2. The number of hydrogen-bond donors (Lipinski definition) is 2. The maximum Gasteiger partial charge on any atom is 0.296 e. The van der Waals surface area contributed by atoms with Gasteiger partial charge in [-0.1, -0.05) is 17.7 Å². The van der Waals surface area contributed by atoms with Gasteiger partial charge in [-0.15, -0.1) is 0 Å². The van der Waals surface area contributed by atoms with E-state index < -0.39 is 17.4 Å². The minimum absolute atomic E-state index is 0.229. The van der Waals surface area contributed by atoms with Crippen molar-refractivity contribution in [3.05, 3.63) is 58.6 Å². The molecule has 1 amide bonds.